The minimum absolute atomic E-state index is 0.128. The maximum atomic E-state index is 13.2. The quantitative estimate of drug-likeness (QED) is 0.685. The molecule has 132 valence electrons. The summed E-state index contributed by atoms with van der Waals surface area (Å²) in [6.07, 6.45) is 0. The fourth-order valence-electron chi connectivity index (χ4n) is 2.34. The molecule has 0 saturated heterocycles. The molecule has 0 spiro atoms. The fraction of sp³-hybridized carbons (Fsp3) is 0.105. The Morgan fingerprint density at radius 3 is 2.08 bits per heavy atom. The third kappa shape index (κ3) is 4.15. The van der Waals surface area contributed by atoms with Crippen molar-refractivity contribution in [3.05, 3.63) is 60.4 Å². The van der Waals surface area contributed by atoms with Gasteiger partial charge in [0, 0.05) is 11.1 Å². The maximum absolute atomic E-state index is 13.2. The van der Waals surface area contributed by atoms with E-state index in [2.05, 4.69) is 15.3 Å². The van der Waals surface area contributed by atoms with Crippen LogP contribution < -0.4 is 10.1 Å². The molecule has 0 fully saturated rings. The SMILES string of the molecule is COc1ccc(-c2cc(-c3ccc(F)cc3)nc(NC(=O)CCl)n2)cc1. The van der Waals surface area contributed by atoms with E-state index in [4.69, 9.17) is 16.3 Å². The number of rotatable bonds is 5. The van der Waals surface area contributed by atoms with Crippen LogP contribution >= 0.6 is 11.6 Å². The lowest BCUT2D eigenvalue weighted by Crippen LogP contribution is -2.15. The van der Waals surface area contributed by atoms with Crippen LogP contribution in [0.15, 0.2) is 54.6 Å². The van der Waals surface area contributed by atoms with E-state index < -0.39 is 5.91 Å². The number of aromatic nitrogens is 2. The van der Waals surface area contributed by atoms with Gasteiger partial charge in [0.1, 0.15) is 17.4 Å². The number of carbonyl (C=O) groups is 1. The minimum Gasteiger partial charge on any atom is -0.497 e. The first-order valence-corrected chi connectivity index (χ1v) is 8.28. The molecule has 2 aromatic carbocycles. The summed E-state index contributed by atoms with van der Waals surface area (Å²) in [6, 6.07) is 15.0. The number of nitrogens with one attached hydrogen (secondary N) is 1. The van der Waals surface area contributed by atoms with Gasteiger partial charge in [0.2, 0.25) is 11.9 Å². The standard InChI is InChI=1S/C19H15ClFN3O2/c1-26-15-8-4-13(5-9-15)17-10-16(12-2-6-14(21)7-3-12)22-19(23-17)24-18(25)11-20/h2-10H,11H2,1H3,(H,22,23,24,25). The maximum Gasteiger partial charge on any atom is 0.241 e. The molecular weight excluding hydrogens is 357 g/mol. The number of hydrogen-bond acceptors (Lipinski definition) is 4. The average Bonchev–Trinajstić information content (AvgIpc) is 2.68. The molecule has 26 heavy (non-hydrogen) atoms. The molecule has 7 heteroatoms. The van der Waals surface area contributed by atoms with Gasteiger partial charge in [0.15, 0.2) is 0 Å². The molecule has 0 saturated carbocycles. The number of methoxy groups -OCH3 is 1. The third-order valence-corrected chi connectivity index (χ3v) is 3.87. The molecule has 1 N–H and O–H groups in total. The molecule has 0 aliphatic carbocycles. The van der Waals surface area contributed by atoms with Crippen LogP contribution in [-0.4, -0.2) is 28.9 Å². The van der Waals surface area contributed by atoms with Gasteiger partial charge in [-0.2, -0.15) is 0 Å². The van der Waals surface area contributed by atoms with Gasteiger partial charge < -0.3 is 4.74 Å². The summed E-state index contributed by atoms with van der Waals surface area (Å²) in [7, 11) is 1.59. The van der Waals surface area contributed by atoms with Crippen molar-refractivity contribution in [3.8, 4) is 28.3 Å². The number of benzene rings is 2. The van der Waals surface area contributed by atoms with Gasteiger partial charge >= 0.3 is 0 Å². The number of nitrogens with zero attached hydrogens (tertiary/aromatic N) is 2. The van der Waals surface area contributed by atoms with E-state index in [9.17, 15) is 9.18 Å². The molecule has 3 aromatic rings. The lowest BCUT2D eigenvalue weighted by atomic mass is 10.1. The topological polar surface area (TPSA) is 64.1 Å². The van der Waals surface area contributed by atoms with E-state index in [-0.39, 0.29) is 17.6 Å². The van der Waals surface area contributed by atoms with Gasteiger partial charge in [-0.05, 0) is 54.6 Å². The Bertz CT molecular complexity index is 915. The highest BCUT2D eigenvalue weighted by Gasteiger charge is 2.11. The first-order valence-electron chi connectivity index (χ1n) is 7.74. The first kappa shape index (κ1) is 17.8. The van der Waals surface area contributed by atoms with E-state index in [0.29, 0.717) is 17.0 Å². The number of anilines is 1. The first-order chi connectivity index (χ1) is 12.6. The Hall–Kier alpha value is -2.99. The van der Waals surface area contributed by atoms with Crippen molar-refractivity contribution in [2.24, 2.45) is 0 Å². The molecule has 1 aromatic heterocycles. The van der Waals surface area contributed by atoms with Gasteiger partial charge in [-0.3, -0.25) is 10.1 Å². The Morgan fingerprint density at radius 2 is 1.58 bits per heavy atom. The number of amides is 1. The molecule has 0 aliphatic rings. The molecule has 0 unspecified atom stereocenters. The highest BCUT2D eigenvalue weighted by atomic mass is 35.5. The number of hydrogen-bond donors (Lipinski definition) is 1. The summed E-state index contributed by atoms with van der Waals surface area (Å²) in [5, 5.41) is 2.55. The predicted octanol–water partition coefficient (Wildman–Crippen LogP) is 4.14. The Balaban J connectivity index is 2.06. The van der Waals surface area contributed by atoms with Gasteiger partial charge in [-0.1, -0.05) is 0 Å². The summed E-state index contributed by atoms with van der Waals surface area (Å²) in [5.74, 6) is -0.111. The van der Waals surface area contributed by atoms with Crippen molar-refractivity contribution in [2.75, 3.05) is 18.3 Å². The molecule has 3 rings (SSSR count). The highest BCUT2D eigenvalue weighted by molar-refractivity contribution is 6.28. The number of halogens is 2. The zero-order valence-electron chi connectivity index (χ0n) is 13.9. The van der Waals surface area contributed by atoms with Crippen molar-refractivity contribution in [2.45, 2.75) is 0 Å². The van der Waals surface area contributed by atoms with Crippen molar-refractivity contribution < 1.29 is 13.9 Å². The molecule has 1 heterocycles. The fourth-order valence-corrected chi connectivity index (χ4v) is 2.41. The average molecular weight is 372 g/mol. The molecule has 1 amide bonds. The van der Waals surface area contributed by atoms with E-state index in [1.165, 1.54) is 12.1 Å². The van der Waals surface area contributed by atoms with Crippen LogP contribution in [0, 0.1) is 5.82 Å². The van der Waals surface area contributed by atoms with E-state index >= 15 is 0 Å². The predicted molar refractivity (Wildman–Crippen MR) is 98.8 cm³/mol. The molecule has 5 nitrogen and oxygen atoms in total. The Labute approximate surface area is 154 Å². The largest absolute Gasteiger partial charge is 0.497 e. The second kappa shape index (κ2) is 7.93. The van der Waals surface area contributed by atoms with Crippen molar-refractivity contribution in [1.82, 2.24) is 9.97 Å². The second-order valence-electron chi connectivity index (χ2n) is 5.38. The Kier molecular flexibility index (Phi) is 5.43. The van der Waals surface area contributed by atoms with Crippen LogP contribution in [0.4, 0.5) is 10.3 Å². The van der Waals surface area contributed by atoms with E-state index in [0.717, 1.165) is 11.3 Å². The number of ether oxygens (including phenoxy) is 1. The second-order valence-corrected chi connectivity index (χ2v) is 5.65. The summed E-state index contributed by atoms with van der Waals surface area (Å²) in [4.78, 5) is 20.3. The van der Waals surface area contributed by atoms with Gasteiger partial charge in [-0.15, -0.1) is 11.6 Å². The summed E-state index contributed by atoms with van der Waals surface area (Å²) in [5.41, 5.74) is 2.67. The van der Waals surface area contributed by atoms with Crippen molar-refractivity contribution >= 4 is 23.5 Å². The smallest absolute Gasteiger partial charge is 0.241 e. The number of alkyl halides is 1. The van der Waals surface area contributed by atoms with Crippen LogP contribution in [0.1, 0.15) is 0 Å². The van der Waals surface area contributed by atoms with E-state index in [1.807, 2.05) is 24.3 Å². The zero-order valence-corrected chi connectivity index (χ0v) is 14.6. The van der Waals surface area contributed by atoms with Gasteiger partial charge in [-0.25, -0.2) is 14.4 Å². The van der Waals surface area contributed by atoms with Gasteiger partial charge in [0.05, 0.1) is 18.5 Å². The lowest BCUT2D eigenvalue weighted by Gasteiger charge is -2.10. The third-order valence-electron chi connectivity index (χ3n) is 3.62. The van der Waals surface area contributed by atoms with Crippen LogP contribution in [0.3, 0.4) is 0 Å². The minimum atomic E-state index is -0.413. The zero-order chi connectivity index (χ0) is 18.5. The summed E-state index contributed by atoms with van der Waals surface area (Å²) >= 11 is 5.54. The van der Waals surface area contributed by atoms with Crippen LogP contribution in [0.2, 0.25) is 0 Å². The Morgan fingerprint density at radius 1 is 1.04 bits per heavy atom. The molecule has 0 radical (unpaired) electrons. The monoisotopic (exact) mass is 371 g/mol. The van der Waals surface area contributed by atoms with Crippen molar-refractivity contribution in [3.63, 3.8) is 0 Å². The van der Waals surface area contributed by atoms with Crippen LogP contribution in [0.5, 0.6) is 5.75 Å². The van der Waals surface area contributed by atoms with Gasteiger partial charge in [0.25, 0.3) is 0 Å². The molecule has 0 bridgehead atoms. The van der Waals surface area contributed by atoms with Crippen molar-refractivity contribution in [1.29, 1.82) is 0 Å². The van der Waals surface area contributed by atoms with E-state index in [1.54, 1.807) is 25.3 Å². The molecule has 0 aliphatic heterocycles. The highest BCUT2D eigenvalue weighted by Crippen LogP contribution is 2.26. The normalized spacial score (nSPS) is 10.4. The summed E-state index contributed by atoms with van der Waals surface area (Å²) in [6.45, 7) is 0. The molecular formula is C19H15ClFN3O2. The van der Waals surface area contributed by atoms with Crippen LogP contribution in [-0.2, 0) is 4.79 Å². The molecule has 0 atom stereocenters. The van der Waals surface area contributed by atoms with Crippen LogP contribution in [0.25, 0.3) is 22.5 Å². The number of carbonyl (C=O) groups excluding carboxylic acids is 1. The lowest BCUT2D eigenvalue weighted by molar-refractivity contribution is -0.114. The summed E-state index contributed by atoms with van der Waals surface area (Å²) < 4.78 is 18.4.